The molecule has 5 nitrogen and oxygen atoms in total. The number of halogens is 2. The third-order valence-electron chi connectivity index (χ3n) is 3.52. The molecule has 0 spiro atoms. The lowest BCUT2D eigenvalue weighted by atomic mass is 10.2. The highest BCUT2D eigenvalue weighted by molar-refractivity contribution is 6.32. The van der Waals surface area contributed by atoms with Gasteiger partial charge in [0.15, 0.2) is 0 Å². The molecule has 2 rings (SSSR count). The van der Waals surface area contributed by atoms with E-state index in [-0.39, 0.29) is 18.1 Å². The van der Waals surface area contributed by atoms with Crippen molar-refractivity contribution in [2.24, 2.45) is 0 Å². The number of carbonyl (C=O) groups excluding carboxylic acids is 1. The summed E-state index contributed by atoms with van der Waals surface area (Å²) >= 11 is 6.04. The Balaban J connectivity index is 1.84. The number of rotatable bonds is 8. The quantitative estimate of drug-likeness (QED) is 0.701. The van der Waals surface area contributed by atoms with Gasteiger partial charge in [0.1, 0.15) is 17.3 Å². The summed E-state index contributed by atoms with van der Waals surface area (Å²) in [5.74, 6) is 0.468. The lowest BCUT2D eigenvalue weighted by Crippen LogP contribution is -2.21. The Hall–Kier alpha value is -2.31. The fourth-order valence-corrected chi connectivity index (χ4v) is 2.44. The van der Waals surface area contributed by atoms with E-state index in [1.165, 1.54) is 26.4 Å². The van der Waals surface area contributed by atoms with E-state index >= 15 is 0 Å². The summed E-state index contributed by atoms with van der Waals surface area (Å²) in [5.41, 5.74) is 1.44. The Labute approximate surface area is 151 Å². The molecule has 0 aromatic heterocycles. The second-order valence-electron chi connectivity index (χ2n) is 5.29. The number of ether oxygens (including phenoxy) is 2. The van der Waals surface area contributed by atoms with Crippen LogP contribution in [0, 0.1) is 5.82 Å². The molecule has 7 heteroatoms. The first-order valence-electron chi connectivity index (χ1n) is 7.70. The van der Waals surface area contributed by atoms with Crippen molar-refractivity contribution in [3.8, 4) is 11.5 Å². The van der Waals surface area contributed by atoms with Crippen molar-refractivity contribution < 1.29 is 18.7 Å². The van der Waals surface area contributed by atoms with Crippen molar-refractivity contribution in [3.05, 3.63) is 52.8 Å². The van der Waals surface area contributed by atoms with Crippen LogP contribution in [-0.4, -0.2) is 26.7 Å². The van der Waals surface area contributed by atoms with Gasteiger partial charge in [0, 0.05) is 31.6 Å². The largest absolute Gasteiger partial charge is 0.495 e. The van der Waals surface area contributed by atoms with Gasteiger partial charge in [0.25, 0.3) is 0 Å². The van der Waals surface area contributed by atoms with E-state index in [9.17, 15) is 9.18 Å². The average Bonchev–Trinajstić information content (AvgIpc) is 2.61. The first-order valence-corrected chi connectivity index (χ1v) is 8.08. The van der Waals surface area contributed by atoms with Gasteiger partial charge in [-0.3, -0.25) is 4.79 Å². The molecule has 0 unspecified atom stereocenters. The van der Waals surface area contributed by atoms with Crippen molar-refractivity contribution in [2.45, 2.75) is 13.0 Å². The van der Waals surface area contributed by atoms with Crippen LogP contribution in [0.3, 0.4) is 0 Å². The molecule has 134 valence electrons. The van der Waals surface area contributed by atoms with Crippen LogP contribution < -0.4 is 20.1 Å². The van der Waals surface area contributed by atoms with E-state index in [1.54, 1.807) is 24.3 Å². The van der Waals surface area contributed by atoms with E-state index in [1.807, 2.05) is 0 Å². The normalized spacial score (nSPS) is 10.4. The molecule has 0 saturated carbocycles. The number of methoxy groups -OCH3 is 2. The van der Waals surface area contributed by atoms with E-state index in [0.717, 1.165) is 5.56 Å². The monoisotopic (exact) mass is 366 g/mol. The third kappa shape index (κ3) is 5.62. The number of hydrogen-bond donors (Lipinski definition) is 2. The number of hydrogen-bond acceptors (Lipinski definition) is 4. The van der Waals surface area contributed by atoms with Gasteiger partial charge in [-0.1, -0.05) is 23.7 Å². The van der Waals surface area contributed by atoms with Gasteiger partial charge >= 0.3 is 0 Å². The minimum Gasteiger partial charge on any atom is -0.495 e. The van der Waals surface area contributed by atoms with Crippen LogP contribution in [0.1, 0.15) is 12.0 Å². The van der Waals surface area contributed by atoms with Crippen molar-refractivity contribution in [3.63, 3.8) is 0 Å². The highest BCUT2D eigenvalue weighted by Crippen LogP contribution is 2.35. The number of benzene rings is 2. The molecule has 0 fully saturated rings. The molecule has 0 aliphatic rings. The molecule has 2 aromatic carbocycles. The Kier molecular flexibility index (Phi) is 7.03. The molecule has 0 aliphatic heterocycles. The summed E-state index contributed by atoms with van der Waals surface area (Å²) in [6.45, 7) is 1.04. The van der Waals surface area contributed by atoms with Gasteiger partial charge in [0.2, 0.25) is 5.91 Å². The maximum absolute atomic E-state index is 12.8. The smallest absolute Gasteiger partial charge is 0.225 e. The zero-order valence-electron chi connectivity index (χ0n) is 14.1. The average molecular weight is 367 g/mol. The Bertz CT molecular complexity index is 723. The summed E-state index contributed by atoms with van der Waals surface area (Å²) in [4.78, 5) is 12.1. The SMILES string of the molecule is COc1cc(NC(=O)CCNCc2ccc(F)cc2)c(OC)cc1Cl. The number of nitrogens with one attached hydrogen (secondary N) is 2. The molecule has 0 saturated heterocycles. The summed E-state index contributed by atoms with van der Waals surface area (Å²) in [6, 6.07) is 9.42. The van der Waals surface area contributed by atoms with Crippen LogP contribution in [0.4, 0.5) is 10.1 Å². The summed E-state index contributed by atoms with van der Waals surface area (Å²) < 4.78 is 23.2. The minimum atomic E-state index is -0.268. The van der Waals surface area contributed by atoms with Crippen molar-refractivity contribution in [1.82, 2.24) is 5.32 Å². The molecule has 0 heterocycles. The maximum Gasteiger partial charge on any atom is 0.225 e. The number of amides is 1. The molecule has 0 bridgehead atoms. The molecule has 25 heavy (non-hydrogen) atoms. The fraction of sp³-hybridized carbons (Fsp3) is 0.278. The Morgan fingerprint density at radius 3 is 2.44 bits per heavy atom. The highest BCUT2D eigenvalue weighted by Gasteiger charge is 2.12. The van der Waals surface area contributed by atoms with Crippen molar-refractivity contribution in [2.75, 3.05) is 26.1 Å². The van der Waals surface area contributed by atoms with Gasteiger partial charge in [-0.05, 0) is 17.7 Å². The zero-order valence-corrected chi connectivity index (χ0v) is 14.8. The van der Waals surface area contributed by atoms with E-state index < -0.39 is 0 Å². The Morgan fingerprint density at radius 2 is 1.80 bits per heavy atom. The van der Waals surface area contributed by atoms with Crippen LogP contribution in [0.5, 0.6) is 11.5 Å². The Morgan fingerprint density at radius 1 is 1.12 bits per heavy atom. The molecule has 0 atom stereocenters. The maximum atomic E-state index is 12.8. The molecule has 2 aromatic rings. The van der Waals surface area contributed by atoms with Crippen molar-refractivity contribution in [1.29, 1.82) is 0 Å². The highest BCUT2D eigenvalue weighted by atomic mass is 35.5. The van der Waals surface area contributed by atoms with Gasteiger partial charge in [0.05, 0.1) is 24.9 Å². The van der Waals surface area contributed by atoms with Gasteiger partial charge < -0.3 is 20.1 Å². The lowest BCUT2D eigenvalue weighted by molar-refractivity contribution is -0.116. The predicted molar refractivity (Wildman–Crippen MR) is 95.9 cm³/mol. The molecule has 1 amide bonds. The molecule has 0 radical (unpaired) electrons. The second kappa shape index (κ2) is 9.25. The first kappa shape index (κ1) is 19.0. The van der Waals surface area contributed by atoms with E-state index in [4.69, 9.17) is 21.1 Å². The fourth-order valence-electron chi connectivity index (χ4n) is 2.21. The lowest BCUT2D eigenvalue weighted by Gasteiger charge is -2.13. The number of carbonyl (C=O) groups is 1. The first-order chi connectivity index (χ1) is 12.0. The molecular weight excluding hydrogens is 347 g/mol. The zero-order chi connectivity index (χ0) is 18.2. The summed E-state index contributed by atoms with van der Waals surface area (Å²) in [5, 5.41) is 6.32. The minimum absolute atomic E-state index is 0.172. The van der Waals surface area contributed by atoms with Crippen LogP contribution in [-0.2, 0) is 11.3 Å². The number of anilines is 1. The van der Waals surface area contributed by atoms with Crippen LogP contribution in [0.2, 0.25) is 5.02 Å². The van der Waals surface area contributed by atoms with Crippen LogP contribution in [0.15, 0.2) is 36.4 Å². The van der Waals surface area contributed by atoms with Gasteiger partial charge in [-0.25, -0.2) is 4.39 Å². The summed E-state index contributed by atoms with van der Waals surface area (Å²) in [7, 11) is 3.00. The van der Waals surface area contributed by atoms with E-state index in [0.29, 0.717) is 35.3 Å². The molecule has 2 N–H and O–H groups in total. The third-order valence-corrected chi connectivity index (χ3v) is 3.81. The van der Waals surface area contributed by atoms with Crippen LogP contribution >= 0.6 is 11.6 Å². The molecular formula is C18H20ClFN2O3. The van der Waals surface area contributed by atoms with Gasteiger partial charge in [-0.15, -0.1) is 0 Å². The summed E-state index contributed by atoms with van der Waals surface area (Å²) in [6.07, 6.45) is 0.273. The predicted octanol–water partition coefficient (Wildman–Crippen LogP) is 3.61. The van der Waals surface area contributed by atoms with Crippen molar-refractivity contribution >= 4 is 23.2 Å². The standard InChI is InChI=1S/C18H20ClFN2O3/c1-24-16-10-15(17(25-2)9-14(16)19)22-18(23)7-8-21-11-12-3-5-13(20)6-4-12/h3-6,9-10,21H,7-8,11H2,1-2H3,(H,22,23). The topological polar surface area (TPSA) is 59.6 Å². The van der Waals surface area contributed by atoms with Gasteiger partial charge in [-0.2, -0.15) is 0 Å². The second-order valence-corrected chi connectivity index (χ2v) is 5.70. The molecule has 0 aliphatic carbocycles. The van der Waals surface area contributed by atoms with Crippen LogP contribution in [0.25, 0.3) is 0 Å². The van der Waals surface area contributed by atoms with E-state index in [2.05, 4.69) is 10.6 Å².